The first-order valence-electron chi connectivity index (χ1n) is 11.2. The summed E-state index contributed by atoms with van der Waals surface area (Å²) in [5.74, 6) is -3.19. The lowest BCUT2D eigenvalue weighted by Gasteiger charge is -2.37. The van der Waals surface area contributed by atoms with Gasteiger partial charge in [0, 0.05) is 11.4 Å². The number of nitrogens with zero attached hydrogens (tertiary/aromatic N) is 3. The Morgan fingerprint density at radius 2 is 1.73 bits per heavy atom. The highest BCUT2D eigenvalue weighted by molar-refractivity contribution is 6.32. The summed E-state index contributed by atoms with van der Waals surface area (Å²) in [6.45, 7) is 1.19. The lowest BCUT2D eigenvalue weighted by molar-refractivity contribution is -0.154. The van der Waals surface area contributed by atoms with Gasteiger partial charge in [0.25, 0.3) is 0 Å². The quantitative estimate of drug-likeness (QED) is 0.397. The minimum atomic E-state index is -4.74. The number of hydrogen-bond acceptors (Lipinski definition) is 6. The summed E-state index contributed by atoms with van der Waals surface area (Å²) in [7, 11) is 0. The van der Waals surface area contributed by atoms with Crippen LogP contribution in [0.4, 0.5) is 34.1 Å². The second kappa shape index (κ2) is 10.3. The van der Waals surface area contributed by atoms with Crippen molar-refractivity contribution in [1.82, 2.24) is 4.90 Å². The molecule has 2 aliphatic heterocycles. The van der Waals surface area contributed by atoms with Gasteiger partial charge in [-0.3, -0.25) is 24.3 Å². The minimum absolute atomic E-state index is 0.0172. The van der Waals surface area contributed by atoms with Gasteiger partial charge < -0.3 is 9.47 Å². The highest BCUT2D eigenvalue weighted by atomic mass is 35.5. The molecule has 0 saturated carbocycles. The van der Waals surface area contributed by atoms with Gasteiger partial charge in [-0.05, 0) is 42.8 Å². The van der Waals surface area contributed by atoms with Crippen LogP contribution in [-0.2, 0) is 31.8 Å². The lowest BCUT2D eigenvalue weighted by Crippen LogP contribution is -2.58. The molecule has 0 aliphatic carbocycles. The van der Waals surface area contributed by atoms with E-state index >= 15 is 0 Å². The average Bonchev–Trinajstić information content (AvgIpc) is 3.28. The Morgan fingerprint density at radius 1 is 1.08 bits per heavy atom. The number of hydrogen-bond donors (Lipinski definition) is 0. The number of cyclic esters (lactones) is 1. The van der Waals surface area contributed by atoms with Crippen LogP contribution in [0.3, 0.4) is 0 Å². The fourth-order valence-electron chi connectivity index (χ4n) is 4.08. The zero-order chi connectivity index (χ0) is 26.9. The molecule has 0 N–H and O–H groups in total. The van der Waals surface area contributed by atoms with E-state index in [0.29, 0.717) is 22.8 Å². The summed E-state index contributed by atoms with van der Waals surface area (Å²) in [5.41, 5.74) is -0.423. The number of rotatable bonds is 6. The van der Waals surface area contributed by atoms with E-state index in [0.717, 1.165) is 17.0 Å². The van der Waals surface area contributed by atoms with E-state index in [9.17, 15) is 32.3 Å². The van der Waals surface area contributed by atoms with Crippen molar-refractivity contribution in [3.63, 3.8) is 0 Å². The third-order valence-corrected chi connectivity index (χ3v) is 6.35. The van der Waals surface area contributed by atoms with Crippen molar-refractivity contribution in [2.75, 3.05) is 36.1 Å². The molecule has 1 atom stereocenters. The third-order valence-electron chi connectivity index (χ3n) is 5.91. The third kappa shape index (κ3) is 5.19. The average molecular weight is 540 g/mol. The van der Waals surface area contributed by atoms with E-state index < -0.39 is 53.2 Å². The summed E-state index contributed by atoms with van der Waals surface area (Å²) in [5, 5.41) is -0.651. The van der Waals surface area contributed by atoms with Gasteiger partial charge >= 0.3 is 24.3 Å². The van der Waals surface area contributed by atoms with Gasteiger partial charge in [0.15, 0.2) is 5.92 Å². The summed E-state index contributed by atoms with van der Waals surface area (Å²) >= 11 is 5.98. The summed E-state index contributed by atoms with van der Waals surface area (Å²) in [4.78, 5) is 54.1. The van der Waals surface area contributed by atoms with Gasteiger partial charge in [0.05, 0.1) is 36.8 Å². The van der Waals surface area contributed by atoms with Crippen molar-refractivity contribution in [3.8, 4) is 0 Å². The lowest BCUT2D eigenvalue weighted by atomic mass is 10.0. The van der Waals surface area contributed by atoms with Crippen molar-refractivity contribution < 1.29 is 41.8 Å². The molecule has 2 fully saturated rings. The molecule has 9 nitrogen and oxygen atoms in total. The van der Waals surface area contributed by atoms with E-state index in [1.54, 1.807) is 19.1 Å². The first kappa shape index (κ1) is 26.3. The van der Waals surface area contributed by atoms with Crippen molar-refractivity contribution in [1.29, 1.82) is 0 Å². The predicted octanol–water partition coefficient (Wildman–Crippen LogP) is 4.46. The largest absolute Gasteiger partial charge is 0.465 e. The predicted molar refractivity (Wildman–Crippen MR) is 125 cm³/mol. The van der Waals surface area contributed by atoms with E-state index in [-0.39, 0.29) is 25.3 Å². The van der Waals surface area contributed by atoms with E-state index in [1.807, 2.05) is 0 Å². The molecule has 4 rings (SSSR count). The highest BCUT2D eigenvalue weighted by Crippen LogP contribution is 2.37. The number of carbonyl (C=O) groups excluding carboxylic acids is 4. The maximum absolute atomic E-state index is 13.4. The van der Waals surface area contributed by atoms with Crippen LogP contribution in [0.5, 0.6) is 0 Å². The Morgan fingerprint density at radius 3 is 2.30 bits per heavy atom. The number of ether oxygens (including phenoxy) is 2. The minimum Gasteiger partial charge on any atom is -0.465 e. The maximum Gasteiger partial charge on any atom is 0.417 e. The molecule has 196 valence electrons. The Hall–Kier alpha value is -3.80. The zero-order valence-corrected chi connectivity index (χ0v) is 20.2. The number of alkyl halides is 3. The molecule has 37 heavy (non-hydrogen) atoms. The number of halogens is 4. The first-order valence-corrected chi connectivity index (χ1v) is 11.6. The number of imide groups is 1. The normalized spacial score (nSPS) is 18.4. The number of urea groups is 1. The van der Waals surface area contributed by atoms with Gasteiger partial charge in [-0.1, -0.05) is 23.7 Å². The molecule has 2 saturated heterocycles. The molecule has 0 bridgehead atoms. The van der Waals surface area contributed by atoms with Gasteiger partial charge in [0.2, 0.25) is 5.91 Å². The van der Waals surface area contributed by atoms with Crippen LogP contribution in [0.25, 0.3) is 0 Å². The molecule has 2 aromatic carbocycles. The first-order chi connectivity index (χ1) is 17.5. The van der Waals surface area contributed by atoms with Crippen molar-refractivity contribution in [2.24, 2.45) is 5.92 Å². The molecule has 0 spiro atoms. The van der Waals surface area contributed by atoms with Crippen LogP contribution < -0.4 is 9.80 Å². The van der Waals surface area contributed by atoms with Crippen LogP contribution in [0.1, 0.15) is 18.1 Å². The zero-order valence-electron chi connectivity index (χ0n) is 19.5. The highest BCUT2D eigenvalue weighted by Gasteiger charge is 2.45. The molecule has 0 radical (unpaired) electrons. The second-order valence-corrected chi connectivity index (χ2v) is 8.56. The fraction of sp³-hybridized carbons (Fsp3) is 0.333. The van der Waals surface area contributed by atoms with Gasteiger partial charge in [-0.25, -0.2) is 9.59 Å². The Bertz CT molecular complexity index is 1240. The van der Waals surface area contributed by atoms with Crippen molar-refractivity contribution >= 4 is 47.0 Å². The SMILES string of the molecule is CCOC(=O)C1CN(c2ccc(N3CCOC3=O)cc2)C(=O)N(Cc2cccc(C(F)(F)F)c2Cl)C1=O. The van der Waals surface area contributed by atoms with E-state index in [1.165, 1.54) is 23.1 Å². The van der Waals surface area contributed by atoms with Crippen LogP contribution in [0.15, 0.2) is 42.5 Å². The number of benzene rings is 2. The van der Waals surface area contributed by atoms with Crippen molar-refractivity contribution in [2.45, 2.75) is 19.6 Å². The molecule has 1 unspecified atom stereocenters. The number of anilines is 2. The number of esters is 1. The second-order valence-electron chi connectivity index (χ2n) is 8.18. The molecule has 0 aromatic heterocycles. The van der Waals surface area contributed by atoms with Crippen LogP contribution in [0, 0.1) is 5.92 Å². The monoisotopic (exact) mass is 539 g/mol. The molecule has 2 heterocycles. The van der Waals surface area contributed by atoms with Crippen LogP contribution in [0.2, 0.25) is 5.02 Å². The summed E-state index contributed by atoms with van der Waals surface area (Å²) < 4.78 is 49.9. The molecule has 13 heteroatoms. The van der Waals surface area contributed by atoms with E-state index in [4.69, 9.17) is 21.1 Å². The topological polar surface area (TPSA) is 96.5 Å². The molecule has 4 amide bonds. The Balaban J connectivity index is 1.67. The molecule has 2 aromatic rings. The molecular weight excluding hydrogens is 519 g/mol. The number of carbonyl (C=O) groups is 4. The van der Waals surface area contributed by atoms with E-state index in [2.05, 4.69) is 0 Å². The van der Waals surface area contributed by atoms with Gasteiger partial charge in [-0.15, -0.1) is 0 Å². The smallest absolute Gasteiger partial charge is 0.417 e. The van der Waals surface area contributed by atoms with Crippen LogP contribution in [-0.4, -0.2) is 55.2 Å². The van der Waals surface area contributed by atoms with Gasteiger partial charge in [0.1, 0.15) is 6.61 Å². The summed E-state index contributed by atoms with van der Waals surface area (Å²) in [6.07, 6.45) is -5.26. The van der Waals surface area contributed by atoms with Crippen LogP contribution >= 0.6 is 11.6 Å². The Labute approximate surface area is 214 Å². The molecular formula is C24H21ClF3N3O6. The van der Waals surface area contributed by atoms with Crippen molar-refractivity contribution in [3.05, 3.63) is 58.6 Å². The maximum atomic E-state index is 13.4. The molecule has 2 aliphatic rings. The summed E-state index contributed by atoms with van der Waals surface area (Å²) in [6, 6.07) is 8.49. The Kier molecular flexibility index (Phi) is 7.30. The number of amides is 4. The fourth-order valence-corrected chi connectivity index (χ4v) is 4.37. The standard InChI is InChI=1S/C24H21ClF3N3O6/c1-2-36-21(33)17-13-30(16-8-6-15(7-9-16)29-10-11-37-23(29)35)22(34)31(20(17)32)12-14-4-3-5-18(19(14)25)24(26,27)28/h3-9,17H,2,10-13H2,1H3. The van der Waals surface area contributed by atoms with Gasteiger partial charge in [-0.2, -0.15) is 13.2 Å².